The van der Waals surface area contributed by atoms with Crippen molar-refractivity contribution in [2.45, 2.75) is 0 Å². The normalized spacial score (nSPS) is 10.8. The number of benzene rings is 1. The van der Waals surface area contributed by atoms with Crippen molar-refractivity contribution in [2.24, 2.45) is 5.73 Å². The molecule has 0 amide bonds. The Bertz CT molecular complexity index is 326. The second-order valence-corrected chi connectivity index (χ2v) is 3.44. The lowest BCUT2D eigenvalue weighted by atomic mass is 10.3. The summed E-state index contributed by atoms with van der Waals surface area (Å²) in [6.45, 7) is 0.969. The highest BCUT2D eigenvalue weighted by Crippen LogP contribution is 2.27. The SMILES string of the molecule is NC/C=C/COc1ccc(Cl)cc1Cl. The molecular formula is C10H11Cl2NO. The van der Waals surface area contributed by atoms with Crippen LogP contribution in [-0.2, 0) is 0 Å². The smallest absolute Gasteiger partial charge is 0.138 e. The molecule has 0 fully saturated rings. The molecule has 0 unspecified atom stereocenters. The topological polar surface area (TPSA) is 35.2 Å². The van der Waals surface area contributed by atoms with Crippen LogP contribution in [0.2, 0.25) is 10.0 Å². The van der Waals surface area contributed by atoms with E-state index in [1.807, 2.05) is 12.2 Å². The minimum Gasteiger partial charge on any atom is -0.488 e. The number of ether oxygens (including phenoxy) is 1. The summed E-state index contributed by atoms with van der Waals surface area (Å²) < 4.78 is 5.36. The van der Waals surface area contributed by atoms with E-state index in [0.717, 1.165) is 0 Å². The molecule has 1 aromatic carbocycles. The Kier molecular flexibility index (Phi) is 4.80. The molecule has 2 nitrogen and oxygen atoms in total. The standard InChI is InChI=1S/C10H11Cl2NO/c11-8-3-4-10(9(12)7-8)14-6-2-1-5-13/h1-4,7H,5-6,13H2/b2-1+. The summed E-state index contributed by atoms with van der Waals surface area (Å²) in [7, 11) is 0. The average Bonchev–Trinajstić information content (AvgIpc) is 2.15. The number of hydrogen-bond donors (Lipinski definition) is 1. The Morgan fingerprint density at radius 3 is 2.71 bits per heavy atom. The van der Waals surface area contributed by atoms with Gasteiger partial charge in [0.05, 0.1) is 5.02 Å². The molecular weight excluding hydrogens is 221 g/mol. The van der Waals surface area contributed by atoms with Crippen LogP contribution in [0.1, 0.15) is 0 Å². The van der Waals surface area contributed by atoms with E-state index in [1.54, 1.807) is 18.2 Å². The average molecular weight is 232 g/mol. The first kappa shape index (κ1) is 11.4. The van der Waals surface area contributed by atoms with Crippen LogP contribution in [-0.4, -0.2) is 13.2 Å². The highest BCUT2D eigenvalue weighted by atomic mass is 35.5. The fourth-order valence-corrected chi connectivity index (χ4v) is 1.36. The van der Waals surface area contributed by atoms with Gasteiger partial charge in [0.2, 0.25) is 0 Å². The monoisotopic (exact) mass is 231 g/mol. The van der Waals surface area contributed by atoms with Crippen LogP contribution in [0.25, 0.3) is 0 Å². The van der Waals surface area contributed by atoms with Gasteiger partial charge in [-0.1, -0.05) is 35.4 Å². The van der Waals surface area contributed by atoms with Crippen LogP contribution < -0.4 is 10.5 Å². The maximum Gasteiger partial charge on any atom is 0.138 e. The van der Waals surface area contributed by atoms with E-state index in [9.17, 15) is 0 Å². The summed E-state index contributed by atoms with van der Waals surface area (Å²) in [6.07, 6.45) is 3.66. The van der Waals surface area contributed by atoms with Crippen LogP contribution >= 0.6 is 23.2 Å². The Labute approximate surface area is 93.3 Å². The first-order chi connectivity index (χ1) is 6.74. The van der Waals surface area contributed by atoms with Crippen molar-refractivity contribution < 1.29 is 4.74 Å². The molecule has 0 bridgehead atoms. The van der Waals surface area contributed by atoms with Crippen molar-refractivity contribution in [2.75, 3.05) is 13.2 Å². The molecule has 4 heteroatoms. The number of nitrogens with two attached hydrogens (primary N) is 1. The third-order valence-electron chi connectivity index (χ3n) is 1.53. The molecule has 0 spiro atoms. The molecule has 0 aliphatic carbocycles. The Hall–Kier alpha value is -0.700. The fraction of sp³-hybridized carbons (Fsp3) is 0.200. The number of halogens is 2. The van der Waals surface area contributed by atoms with Crippen LogP contribution in [0.3, 0.4) is 0 Å². The van der Waals surface area contributed by atoms with Gasteiger partial charge in [-0.15, -0.1) is 0 Å². The first-order valence-corrected chi connectivity index (χ1v) is 4.92. The van der Waals surface area contributed by atoms with Crippen molar-refractivity contribution in [1.82, 2.24) is 0 Å². The Balaban J connectivity index is 2.55. The van der Waals surface area contributed by atoms with E-state index in [4.69, 9.17) is 33.7 Å². The van der Waals surface area contributed by atoms with Gasteiger partial charge in [-0.3, -0.25) is 0 Å². The molecule has 76 valence electrons. The summed E-state index contributed by atoms with van der Waals surface area (Å²) in [5, 5.41) is 1.11. The predicted octanol–water partition coefficient (Wildman–Crippen LogP) is 2.89. The lowest BCUT2D eigenvalue weighted by molar-refractivity contribution is 0.363. The molecule has 1 rings (SSSR count). The van der Waals surface area contributed by atoms with Crippen molar-refractivity contribution in [3.8, 4) is 5.75 Å². The van der Waals surface area contributed by atoms with Gasteiger partial charge in [-0.05, 0) is 18.2 Å². The zero-order valence-electron chi connectivity index (χ0n) is 7.54. The van der Waals surface area contributed by atoms with Crippen molar-refractivity contribution in [1.29, 1.82) is 0 Å². The van der Waals surface area contributed by atoms with Gasteiger partial charge in [-0.25, -0.2) is 0 Å². The van der Waals surface area contributed by atoms with E-state index >= 15 is 0 Å². The first-order valence-electron chi connectivity index (χ1n) is 4.17. The minimum atomic E-state index is 0.457. The summed E-state index contributed by atoms with van der Waals surface area (Å²) >= 11 is 11.6. The van der Waals surface area contributed by atoms with E-state index in [2.05, 4.69) is 0 Å². The highest BCUT2D eigenvalue weighted by molar-refractivity contribution is 6.35. The molecule has 0 saturated heterocycles. The molecule has 2 N–H and O–H groups in total. The van der Waals surface area contributed by atoms with Crippen molar-refractivity contribution >= 4 is 23.2 Å². The van der Waals surface area contributed by atoms with Gasteiger partial charge < -0.3 is 10.5 Å². The van der Waals surface area contributed by atoms with Crippen LogP contribution in [0.4, 0.5) is 0 Å². The van der Waals surface area contributed by atoms with Gasteiger partial charge in [0, 0.05) is 11.6 Å². The lowest BCUT2D eigenvalue weighted by Crippen LogP contribution is -1.97. The Morgan fingerprint density at radius 2 is 2.07 bits per heavy atom. The third-order valence-corrected chi connectivity index (χ3v) is 2.06. The molecule has 0 aliphatic heterocycles. The molecule has 14 heavy (non-hydrogen) atoms. The molecule has 0 aliphatic rings. The van der Waals surface area contributed by atoms with E-state index < -0.39 is 0 Å². The maximum atomic E-state index is 5.88. The summed E-state index contributed by atoms with van der Waals surface area (Å²) in [4.78, 5) is 0. The zero-order chi connectivity index (χ0) is 10.4. The summed E-state index contributed by atoms with van der Waals surface area (Å²) in [5.74, 6) is 0.623. The quantitative estimate of drug-likeness (QED) is 0.810. The second kappa shape index (κ2) is 5.91. The molecule has 0 aromatic heterocycles. The van der Waals surface area contributed by atoms with E-state index in [0.29, 0.717) is 28.9 Å². The summed E-state index contributed by atoms with van der Waals surface area (Å²) in [5.41, 5.74) is 5.27. The van der Waals surface area contributed by atoms with Gasteiger partial charge in [-0.2, -0.15) is 0 Å². The van der Waals surface area contributed by atoms with Crippen LogP contribution in [0.5, 0.6) is 5.75 Å². The zero-order valence-corrected chi connectivity index (χ0v) is 9.05. The van der Waals surface area contributed by atoms with Crippen molar-refractivity contribution in [3.05, 3.63) is 40.4 Å². The molecule has 0 heterocycles. The van der Waals surface area contributed by atoms with Gasteiger partial charge in [0.25, 0.3) is 0 Å². The molecule has 1 aromatic rings. The summed E-state index contributed by atoms with van der Waals surface area (Å²) in [6, 6.07) is 5.11. The maximum absolute atomic E-state index is 5.88. The lowest BCUT2D eigenvalue weighted by Gasteiger charge is -2.05. The predicted molar refractivity (Wildman–Crippen MR) is 60.2 cm³/mol. The fourth-order valence-electron chi connectivity index (χ4n) is 0.894. The van der Waals surface area contributed by atoms with Gasteiger partial charge >= 0.3 is 0 Å². The van der Waals surface area contributed by atoms with E-state index in [1.165, 1.54) is 0 Å². The van der Waals surface area contributed by atoms with Gasteiger partial charge in [0.15, 0.2) is 0 Å². The number of hydrogen-bond acceptors (Lipinski definition) is 2. The second-order valence-electron chi connectivity index (χ2n) is 2.59. The molecule has 0 radical (unpaired) electrons. The van der Waals surface area contributed by atoms with E-state index in [-0.39, 0.29) is 0 Å². The molecule has 0 saturated carbocycles. The Morgan fingerprint density at radius 1 is 1.29 bits per heavy atom. The van der Waals surface area contributed by atoms with Crippen LogP contribution in [0, 0.1) is 0 Å². The highest BCUT2D eigenvalue weighted by Gasteiger charge is 2.00. The third kappa shape index (κ3) is 3.58. The minimum absolute atomic E-state index is 0.457. The number of rotatable bonds is 4. The molecule has 0 atom stereocenters. The van der Waals surface area contributed by atoms with Crippen molar-refractivity contribution in [3.63, 3.8) is 0 Å². The van der Waals surface area contributed by atoms with Crippen LogP contribution in [0.15, 0.2) is 30.4 Å². The largest absolute Gasteiger partial charge is 0.488 e. The van der Waals surface area contributed by atoms with Gasteiger partial charge in [0.1, 0.15) is 12.4 Å².